The average molecular weight is 258 g/mol. The van der Waals surface area contributed by atoms with Crippen LogP contribution in [0.25, 0.3) is 10.8 Å². The fourth-order valence-electron chi connectivity index (χ4n) is 1.70. The van der Waals surface area contributed by atoms with Gasteiger partial charge in [0.1, 0.15) is 5.75 Å². The highest BCUT2D eigenvalue weighted by Crippen LogP contribution is 2.37. The summed E-state index contributed by atoms with van der Waals surface area (Å²) in [6, 6.07) is 11.8. The van der Waals surface area contributed by atoms with Crippen LogP contribution in [-0.4, -0.2) is 12.2 Å². The molecule has 0 heterocycles. The molecule has 0 fully saturated rings. The molecule has 0 aliphatic carbocycles. The molecule has 18 heavy (non-hydrogen) atoms. The minimum atomic E-state index is -0.0384. The summed E-state index contributed by atoms with van der Waals surface area (Å²) >= 11 is 1.15. The molecule has 2 nitrogen and oxygen atoms in total. The van der Waals surface area contributed by atoms with E-state index in [0.29, 0.717) is 5.57 Å². The summed E-state index contributed by atoms with van der Waals surface area (Å²) in [6.07, 6.45) is 0. The van der Waals surface area contributed by atoms with Gasteiger partial charge in [-0.2, -0.15) is 0 Å². The van der Waals surface area contributed by atoms with Gasteiger partial charge in [-0.05, 0) is 35.7 Å². The molecular formula is C15H14O2S. The summed E-state index contributed by atoms with van der Waals surface area (Å²) in [5.74, 6) is 0.743. The number of methoxy groups -OCH3 is 1. The smallest absolute Gasteiger partial charge is 0.219 e. The molecule has 0 N–H and O–H groups in total. The first kappa shape index (κ1) is 12.7. The topological polar surface area (TPSA) is 26.3 Å². The Morgan fingerprint density at radius 3 is 2.61 bits per heavy atom. The highest BCUT2D eigenvalue weighted by molar-refractivity contribution is 8.14. The van der Waals surface area contributed by atoms with Crippen LogP contribution >= 0.6 is 11.8 Å². The van der Waals surface area contributed by atoms with Gasteiger partial charge in [0.25, 0.3) is 0 Å². The molecule has 0 saturated heterocycles. The molecule has 0 spiro atoms. The number of hydrogen-bond acceptors (Lipinski definition) is 3. The lowest BCUT2D eigenvalue weighted by atomic mass is 10.1. The fourth-order valence-corrected chi connectivity index (χ4v) is 2.50. The third kappa shape index (κ3) is 2.41. The minimum Gasteiger partial charge on any atom is -0.495 e. The van der Waals surface area contributed by atoms with Crippen molar-refractivity contribution in [3.05, 3.63) is 48.6 Å². The van der Waals surface area contributed by atoms with Crippen LogP contribution < -0.4 is 4.74 Å². The second kappa shape index (κ2) is 5.27. The van der Waals surface area contributed by atoms with Crippen molar-refractivity contribution >= 4 is 27.6 Å². The van der Waals surface area contributed by atoms with Gasteiger partial charge in [-0.3, -0.25) is 4.79 Å². The van der Waals surface area contributed by atoms with Gasteiger partial charge in [-0.15, -0.1) is 0 Å². The highest BCUT2D eigenvalue weighted by Gasteiger charge is 2.12. The van der Waals surface area contributed by atoms with Gasteiger partial charge in [0.05, 0.1) is 12.0 Å². The van der Waals surface area contributed by atoms with E-state index in [1.54, 1.807) is 14.0 Å². The molecule has 0 aromatic heterocycles. The number of hydrogen-bond donors (Lipinski definition) is 0. The largest absolute Gasteiger partial charge is 0.495 e. The van der Waals surface area contributed by atoms with Crippen LogP contribution in [0.15, 0.2) is 53.4 Å². The van der Waals surface area contributed by atoms with Gasteiger partial charge in [0, 0.05) is 5.39 Å². The molecule has 0 aliphatic rings. The van der Waals surface area contributed by atoms with Crippen LogP contribution in [0.5, 0.6) is 5.75 Å². The van der Waals surface area contributed by atoms with E-state index >= 15 is 0 Å². The van der Waals surface area contributed by atoms with Crippen LogP contribution in [0.2, 0.25) is 0 Å². The normalized spacial score (nSPS) is 10.3. The maximum absolute atomic E-state index is 11.7. The van der Waals surface area contributed by atoms with Gasteiger partial charge < -0.3 is 4.74 Å². The van der Waals surface area contributed by atoms with Crippen LogP contribution in [-0.2, 0) is 4.79 Å². The number of ether oxygens (including phenoxy) is 1. The zero-order chi connectivity index (χ0) is 13.1. The van der Waals surface area contributed by atoms with Gasteiger partial charge in [-0.1, -0.05) is 36.9 Å². The second-order valence-electron chi connectivity index (χ2n) is 3.99. The van der Waals surface area contributed by atoms with E-state index in [-0.39, 0.29) is 5.12 Å². The van der Waals surface area contributed by atoms with E-state index in [4.69, 9.17) is 4.74 Å². The van der Waals surface area contributed by atoms with E-state index in [1.165, 1.54) is 0 Å². The van der Waals surface area contributed by atoms with Crippen molar-refractivity contribution in [1.29, 1.82) is 0 Å². The van der Waals surface area contributed by atoms with Crippen LogP contribution in [0, 0.1) is 0 Å². The molecule has 0 radical (unpaired) electrons. The van der Waals surface area contributed by atoms with E-state index in [9.17, 15) is 4.79 Å². The van der Waals surface area contributed by atoms with Crippen LogP contribution in [0.3, 0.4) is 0 Å². The Bertz CT molecular complexity index is 617. The maximum atomic E-state index is 11.7. The zero-order valence-corrected chi connectivity index (χ0v) is 11.2. The van der Waals surface area contributed by atoms with E-state index in [0.717, 1.165) is 33.2 Å². The van der Waals surface area contributed by atoms with Crippen molar-refractivity contribution in [3.63, 3.8) is 0 Å². The van der Waals surface area contributed by atoms with Crippen LogP contribution in [0.4, 0.5) is 0 Å². The molecule has 2 aromatic carbocycles. The second-order valence-corrected chi connectivity index (χ2v) is 5.00. The lowest BCUT2D eigenvalue weighted by Crippen LogP contribution is -1.94. The number of thioether (sulfide) groups is 1. The van der Waals surface area contributed by atoms with Crippen molar-refractivity contribution in [1.82, 2.24) is 0 Å². The maximum Gasteiger partial charge on any atom is 0.219 e. The van der Waals surface area contributed by atoms with Gasteiger partial charge >= 0.3 is 0 Å². The lowest BCUT2D eigenvalue weighted by molar-refractivity contribution is -0.107. The quantitative estimate of drug-likeness (QED) is 0.614. The third-order valence-corrected chi connectivity index (χ3v) is 3.67. The Balaban J connectivity index is 2.51. The van der Waals surface area contributed by atoms with E-state index in [2.05, 4.69) is 6.58 Å². The molecule has 0 unspecified atom stereocenters. The molecule has 0 amide bonds. The molecule has 0 bridgehead atoms. The number of carbonyl (C=O) groups excluding carboxylic acids is 1. The van der Waals surface area contributed by atoms with Gasteiger partial charge in [0.2, 0.25) is 5.12 Å². The Kier molecular flexibility index (Phi) is 3.72. The predicted octanol–water partition coefficient (Wildman–Crippen LogP) is 4.04. The van der Waals surface area contributed by atoms with Gasteiger partial charge in [-0.25, -0.2) is 0 Å². The molecule has 3 heteroatoms. The first-order valence-electron chi connectivity index (χ1n) is 5.57. The highest BCUT2D eigenvalue weighted by atomic mass is 32.2. The Hall–Kier alpha value is -1.74. The first-order chi connectivity index (χ1) is 8.63. The molecule has 92 valence electrons. The first-order valence-corrected chi connectivity index (χ1v) is 6.38. The Morgan fingerprint density at radius 2 is 1.94 bits per heavy atom. The summed E-state index contributed by atoms with van der Waals surface area (Å²) in [5, 5.41) is 2.07. The van der Waals surface area contributed by atoms with Crippen LogP contribution in [0.1, 0.15) is 6.92 Å². The SMILES string of the molecule is C=C(C)C(=O)Sc1ccc2ccccc2c1OC. The summed E-state index contributed by atoms with van der Waals surface area (Å²) in [7, 11) is 1.62. The number of fused-ring (bicyclic) bond motifs is 1. The molecule has 0 atom stereocenters. The van der Waals surface area contributed by atoms with E-state index < -0.39 is 0 Å². The Morgan fingerprint density at radius 1 is 1.22 bits per heavy atom. The average Bonchev–Trinajstić information content (AvgIpc) is 2.38. The predicted molar refractivity (Wildman–Crippen MR) is 76.2 cm³/mol. The van der Waals surface area contributed by atoms with Crippen molar-refractivity contribution in [2.24, 2.45) is 0 Å². The fraction of sp³-hybridized carbons (Fsp3) is 0.133. The number of carbonyl (C=O) groups is 1. The summed E-state index contributed by atoms with van der Waals surface area (Å²) in [5.41, 5.74) is 0.537. The molecule has 0 saturated carbocycles. The lowest BCUT2D eigenvalue weighted by Gasteiger charge is -2.10. The summed E-state index contributed by atoms with van der Waals surface area (Å²) in [4.78, 5) is 12.5. The summed E-state index contributed by atoms with van der Waals surface area (Å²) < 4.78 is 5.44. The molecular weight excluding hydrogens is 244 g/mol. The molecule has 2 aromatic rings. The van der Waals surface area contributed by atoms with Crippen molar-refractivity contribution in [2.75, 3.05) is 7.11 Å². The third-order valence-electron chi connectivity index (χ3n) is 2.60. The van der Waals surface area contributed by atoms with Gasteiger partial charge in [0.15, 0.2) is 0 Å². The standard InChI is InChI=1S/C15H14O2S/c1-10(2)15(16)18-13-9-8-11-6-4-5-7-12(11)14(13)17-3/h4-9H,1H2,2-3H3. The minimum absolute atomic E-state index is 0.0384. The Labute approximate surface area is 111 Å². The van der Waals surface area contributed by atoms with E-state index in [1.807, 2.05) is 36.4 Å². The van der Waals surface area contributed by atoms with Crippen molar-refractivity contribution in [3.8, 4) is 5.75 Å². The molecule has 2 rings (SSSR count). The van der Waals surface area contributed by atoms with Crippen molar-refractivity contribution in [2.45, 2.75) is 11.8 Å². The van der Waals surface area contributed by atoms with Crippen molar-refractivity contribution < 1.29 is 9.53 Å². The zero-order valence-electron chi connectivity index (χ0n) is 10.4. The number of rotatable bonds is 3. The molecule has 0 aliphatic heterocycles. The number of benzene rings is 2. The summed E-state index contributed by atoms with van der Waals surface area (Å²) in [6.45, 7) is 5.37. The monoisotopic (exact) mass is 258 g/mol.